The standard InChI is InChI=1S/C20H12S3/c1-2-8-15-13(6-1)12-19(21-15)14-7-5-11-18-20(14)23-17-10-4-3-9-16(17)22-18/h1-12H. The van der Waals surface area contributed by atoms with E-state index >= 15 is 0 Å². The summed E-state index contributed by atoms with van der Waals surface area (Å²) < 4.78 is 1.36. The summed E-state index contributed by atoms with van der Waals surface area (Å²) in [7, 11) is 0. The lowest BCUT2D eigenvalue weighted by Gasteiger charge is -2.20. The second-order valence-corrected chi connectivity index (χ2v) is 8.65. The molecule has 0 aliphatic carbocycles. The third-order valence-corrected chi connectivity index (χ3v) is 7.71. The van der Waals surface area contributed by atoms with Crippen molar-refractivity contribution in [3.63, 3.8) is 0 Å². The van der Waals surface area contributed by atoms with E-state index in [0.29, 0.717) is 0 Å². The van der Waals surface area contributed by atoms with Gasteiger partial charge in [-0.25, -0.2) is 0 Å². The highest BCUT2D eigenvalue weighted by Crippen LogP contribution is 2.52. The lowest BCUT2D eigenvalue weighted by Crippen LogP contribution is -1.91. The van der Waals surface area contributed by atoms with Gasteiger partial charge in [0.2, 0.25) is 0 Å². The minimum Gasteiger partial charge on any atom is -0.135 e. The van der Waals surface area contributed by atoms with Gasteiger partial charge in [-0.05, 0) is 35.7 Å². The summed E-state index contributed by atoms with van der Waals surface area (Å²) in [4.78, 5) is 6.83. The van der Waals surface area contributed by atoms with Crippen molar-refractivity contribution in [3.8, 4) is 10.4 Å². The van der Waals surface area contributed by atoms with E-state index in [1.807, 2.05) is 34.9 Å². The Labute approximate surface area is 147 Å². The van der Waals surface area contributed by atoms with Gasteiger partial charge in [0.05, 0.1) is 0 Å². The van der Waals surface area contributed by atoms with Crippen LogP contribution in [0.4, 0.5) is 0 Å². The van der Waals surface area contributed by atoms with Crippen LogP contribution in [-0.4, -0.2) is 0 Å². The Balaban J connectivity index is 1.68. The number of hydrogen-bond donors (Lipinski definition) is 0. The molecule has 0 unspecified atom stereocenters. The van der Waals surface area contributed by atoms with Crippen molar-refractivity contribution in [1.29, 1.82) is 0 Å². The second kappa shape index (κ2) is 5.45. The molecule has 1 aliphatic rings. The van der Waals surface area contributed by atoms with Crippen LogP contribution in [0.25, 0.3) is 20.5 Å². The maximum Gasteiger partial charge on any atom is 0.0367 e. The molecule has 5 rings (SSSR count). The first-order chi connectivity index (χ1) is 11.4. The molecule has 2 heterocycles. The summed E-state index contributed by atoms with van der Waals surface area (Å²) in [6.45, 7) is 0. The molecule has 0 nitrogen and oxygen atoms in total. The number of fused-ring (bicyclic) bond motifs is 3. The Hall–Kier alpha value is -1.68. The Kier molecular flexibility index (Phi) is 3.25. The van der Waals surface area contributed by atoms with Gasteiger partial charge >= 0.3 is 0 Å². The fourth-order valence-electron chi connectivity index (χ4n) is 2.86. The number of rotatable bonds is 1. The van der Waals surface area contributed by atoms with Crippen LogP contribution in [0.15, 0.2) is 92.4 Å². The monoisotopic (exact) mass is 348 g/mol. The highest BCUT2D eigenvalue weighted by atomic mass is 32.2. The van der Waals surface area contributed by atoms with Crippen molar-refractivity contribution >= 4 is 44.9 Å². The topological polar surface area (TPSA) is 0 Å². The van der Waals surface area contributed by atoms with Gasteiger partial charge in [0.1, 0.15) is 0 Å². The van der Waals surface area contributed by atoms with E-state index in [2.05, 4.69) is 72.8 Å². The molecule has 0 fully saturated rings. The maximum atomic E-state index is 2.32. The van der Waals surface area contributed by atoms with Gasteiger partial charge in [0.25, 0.3) is 0 Å². The Morgan fingerprint density at radius 2 is 1.35 bits per heavy atom. The molecule has 1 aromatic heterocycles. The molecule has 3 heteroatoms. The molecule has 0 radical (unpaired) electrons. The van der Waals surface area contributed by atoms with Crippen LogP contribution in [0, 0.1) is 0 Å². The van der Waals surface area contributed by atoms with E-state index in [-0.39, 0.29) is 0 Å². The van der Waals surface area contributed by atoms with Gasteiger partial charge in [0, 0.05) is 34.7 Å². The van der Waals surface area contributed by atoms with Gasteiger partial charge < -0.3 is 0 Å². The van der Waals surface area contributed by atoms with E-state index in [1.165, 1.54) is 40.1 Å². The average molecular weight is 349 g/mol. The minimum absolute atomic E-state index is 1.33. The zero-order valence-electron chi connectivity index (χ0n) is 12.2. The summed E-state index contributed by atoms with van der Waals surface area (Å²) in [6.07, 6.45) is 0. The van der Waals surface area contributed by atoms with Crippen molar-refractivity contribution in [2.24, 2.45) is 0 Å². The highest BCUT2D eigenvalue weighted by Gasteiger charge is 2.20. The molecular weight excluding hydrogens is 336 g/mol. The quantitative estimate of drug-likeness (QED) is 0.314. The third-order valence-electron chi connectivity index (χ3n) is 3.95. The van der Waals surface area contributed by atoms with Crippen LogP contribution in [-0.2, 0) is 0 Å². The highest BCUT2D eigenvalue weighted by molar-refractivity contribution is 8.05. The fraction of sp³-hybridized carbons (Fsp3) is 0. The van der Waals surface area contributed by atoms with Crippen LogP contribution < -0.4 is 0 Å². The largest absolute Gasteiger partial charge is 0.135 e. The van der Waals surface area contributed by atoms with E-state index < -0.39 is 0 Å². The molecule has 0 N–H and O–H groups in total. The number of hydrogen-bond acceptors (Lipinski definition) is 3. The second-order valence-electron chi connectivity index (χ2n) is 5.43. The van der Waals surface area contributed by atoms with E-state index in [9.17, 15) is 0 Å². The molecule has 23 heavy (non-hydrogen) atoms. The molecule has 3 aromatic carbocycles. The predicted molar refractivity (Wildman–Crippen MR) is 102 cm³/mol. The van der Waals surface area contributed by atoms with Gasteiger partial charge in [-0.15, -0.1) is 11.3 Å². The summed E-state index contributed by atoms with van der Waals surface area (Å²) in [6, 6.07) is 26.3. The molecule has 0 saturated heterocycles. The Bertz CT molecular complexity index is 997. The first-order valence-electron chi connectivity index (χ1n) is 7.45. The van der Waals surface area contributed by atoms with Crippen molar-refractivity contribution in [2.45, 2.75) is 19.6 Å². The van der Waals surface area contributed by atoms with E-state index in [1.54, 1.807) is 0 Å². The average Bonchev–Trinajstić information content (AvgIpc) is 3.03. The fourth-order valence-corrected chi connectivity index (χ4v) is 6.41. The molecule has 4 aromatic rings. The summed E-state index contributed by atoms with van der Waals surface area (Å²) in [5.74, 6) is 0. The third kappa shape index (κ3) is 2.31. The molecule has 0 saturated carbocycles. The summed E-state index contributed by atoms with van der Waals surface area (Å²) in [5, 5.41) is 1.33. The lowest BCUT2D eigenvalue weighted by atomic mass is 10.1. The van der Waals surface area contributed by atoms with Gasteiger partial charge in [0.15, 0.2) is 0 Å². The lowest BCUT2D eigenvalue weighted by molar-refractivity contribution is 1.16. The minimum atomic E-state index is 1.33. The first kappa shape index (κ1) is 13.7. The van der Waals surface area contributed by atoms with Crippen molar-refractivity contribution in [2.75, 3.05) is 0 Å². The molecule has 0 spiro atoms. The normalized spacial score (nSPS) is 12.9. The molecule has 0 amide bonds. The van der Waals surface area contributed by atoms with Gasteiger partial charge in [-0.1, -0.05) is 66.0 Å². The predicted octanol–water partition coefficient (Wildman–Crippen LogP) is 7.18. The van der Waals surface area contributed by atoms with Crippen LogP contribution in [0.3, 0.4) is 0 Å². The summed E-state index contributed by atoms with van der Waals surface area (Å²) >= 11 is 5.66. The smallest absolute Gasteiger partial charge is 0.0367 e. The first-order valence-corrected chi connectivity index (χ1v) is 9.90. The van der Waals surface area contributed by atoms with Gasteiger partial charge in [-0.3, -0.25) is 0 Å². The van der Waals surface area contributed by atoms with Crippen LogP contribution in [0.2, 0.25) is 0 Å². The number of thiophene rings is 1. The molecule has 0 bridgehead atoms. The Morgan fingerprint density at radius 1 is 0.609 bits per heavy atom. The maximum absolute atomic E-state index is 2.32. The zero-order chi connectivity index (χ0) is 15.2. The van der Waals surface area contributed by atoms with Crippen molar-refractivity contribution in [1.82, 2.24) is 0 Å². The Morgan fingerprint density at radius 3 is 2.22 bits per heavy atom. The zero-order valence-corrected chi connectivity index (χ0v) is 14.6. The van der Waals surface area contributed by atoms with E-state index in [4.69, 9.17) is 0 Å². The molecule has 1 aliphatic heterocycles. The van der Waals surface area contributed by atoms with Crippen LogP contribution >= 0.6 is 34.9 Å². The van der Waals surface area contributed by atoms with Crippen LogP contribution in [0.1, 0.15) is 0 Å². The van der Waals surface area contributed by atoms with Crippen LogP contribution in [0.5, 0.6) is 0 Å². The van der Waals surface area contributed by atoms with E-state index in [0.717, 1.165) is 0 Å². The van der Waals surface area contributed by atoms with Crippen molar-refractivity contribution < 1.29 is 0 Å². The van der Waals surface area contributed by atoms with Gasteiger partial charge in [-0.2, -0.15) is 0 Å². The van der Waals surface area contributed by atoms with Crippen molar-refractivity contribution in [3.05, 3.63) is 72.8 Å². The number of benzene rings is 3. The molecule has 0 atom stereocenters. The summed E-state index contributed by atoms with van der Waals surface area (Å²) in [5.41, 5.74) is 1.36. The molecular formula is C20H12S3. The SMILES string of the molecule is c1ccc2c(c1)Sc1cccc(-c3cc4ccccc4s3)c1S2. The molecule has 110 valence electrons.